The maximum absolute atomic E-state index is 12.5. The van der Waals surface area contributed by atoms with E-state index in [9.17, 15) is 18.5 Å². The SMILES string of the molecule is CC1CC(CN)CN1S(=O)(=O)Cc1ccccc1[N+](=O)[O-]. The molecule has 1 heterocycles. The van der Waals surface area contributed by atoms with Crippen LogP contribution >= 0.6 is 0 Å². The number of rotatable bonds is 5. The van der Waals surface area contributed by atoms with Crippen LogP contribution in [-0.4, -0.2) is 36.8 Å². The summed E-state index contributed by atoms with van der Waals surface area (Å²) in [5.74, 6) is -0.202. The van der Waals surface area contributed by atoms with E-state index in [0.717, 1.165) is 6.42 Å². The lowest BCUT2D eigenvalue weighted by Gasteiger charge is -2.21. The summed E-state index contributed by atoms with van der Waals surface area (Å²) in [4.78, 5) is 10.4. The van der Waals surface area contributed by atoms with Gasteiger partial charge in [-0.05, 0) is 25.8 Å². The van der Waals surface area contributed by atoms with Gasteiger partial charge in [-0.2, -0.15) is 4.31 Å². The van der Waals surface area contributed by atoms with Gasteiger partial charge in [-0.15, -0.1) is 0 Å². The smallest absolute Gasteiger partial charge is 0.273 e. The lowest BCUT2D eigenvalue weighted by atomic mass is 10.1. The minimum Gasteiger partial charge on any atom is -0.330 e. The van der Waals surface area contributed by atoms with Crippen molar-refractivity contribution >= 4 is 15.7 Å². The number of hydrogen-bond donors (Lipinski definition) is 1. The number of sulfonamides is 1. The molecule has 8 heteroatoms. The number of nitro benzene ring substituents is 1. The van der Waals surface area contributed by atoms with Crippen LogP contribution < -0.4 is 5.73 Å². The van der Waals surface area contributed by atoms with Gasteiger partial charge in [0.25, 0.3) is 5.69 Å². The molecule has 0 amide bonds. The normalized spacial score (nSPS) is 23.3. The number of benzene rings is 1. The summed E-state index contributed by atoms with van der Waals surface area (Å²) >= 11 is 0. The summed E-state index contributed by atoms with van der Waals surface area (Å²) in [5, 5.41) is 11.0. The second-order valence-electron chi connectivity index (χ2n) is 5.40. The van der Waals surface area contributed by atoms with Gasteiger partial charge in [-0.1, -0.05) is 18.2 Å². The van der Waals surface area contributed by atoms with Gasteiger partial charge in [0.1, 0.15) is 0 Å². The largest absolute Gasteiger partial charge is 0.330 e. The van der Waals surface area contributed by atoms with Gasteiger partial charge < -0.3 is 5.73 Å². The number of para-hydroxylation sites is 1. The zero-order chi connectivity index (χ0) is 15.6. The first kappa shape index (κ1) is 15.9. The minimum absolute atomic E-state index is 0.119. The fourth-order valence-electron chi connectivity index (χ4n) is 2.76. The van der Waals surface area contributed by atoms with Crippen LogP contribution in [-0.2, 0) is 15.8 Å². The van der Waals surface area contributed by atoms with Gasteiger partial charge in [-0.25, -0.2) is 8.42 Å². The van der Waals surface area contributed by atoms with E-state index < -0.39 is 14.9 Å². The summed E-state index contributed by atoms with van der Waals surface area (Å²) in [6, 6.07) is 5.81. The highest BCUT2D eigenvalue weighted by Gasteiger charge is 2.37. The fourth-order valence-corrected chi connectivity index (χ4v) is 4.63. The van der Waals surface area contributed by atoms with Crippen LogP contribution in [0.1, 0.15) is 18.9 Å². The third-order valence-electron chi connectivity index (χ3n) is 3.82. The highest BCUT2D eigenvalue weighted by molar-refractivity contribution is 7.88. The Kier molecular flexibility index (Phi) is 4.60. The van der Waals surface area contributed by atoms with Crippen LogP contribution in [0.2, 0.25) is 0 Å². The third kappa shape index (κ3) is 3.39. The monoisotopic (exact) mass is 313 g/mol. The van der Waals surface area contributed by atoms with Gasteiger partial charge in [0, 0.05) is 24.2 Å². The maximum atomic E-state index is 12.5. The molecule has 7 nitrogen and oxygen atoms in total. The Morgan fingerprint density at radius 1 is 1.43 bits per heavy atom. The van der Waals surface area contributed by atoms with Crippen molar-refractivity contribution in [2.24, 2.45) is 11.7 Å². The quantitative estimate of drug-likeness (QED) is 0.647. The molecule has 0 aromatic heterocycles. The van der Waals surface area contributed by atoms with Crippen LogP contribution in [0.5, 0.6) is 0 Å². The summed E-state index contributed by atoms with van der Waals surface area (Å²) in [7, 11) is -3.59. The highest BCUT2D eigenvalue weighted by Crippen LogP contribution is 2.28. The molecule has 0 saturated carbocycles. The van der Waals surface area contributed by atoms with E-state index in [2.05, 4.69) is 0 Å². The molecule has 116 valence electrons. The molecule has 0 bridgehead atoms. The minimum atomic E-state index is -3.59. The van der Waals surface area contributed by atoms with E-state index >= 15 is 0 Å². The molecule has 2 atom stereocenters. The van der Waals surface area contributed by atoms with E-state index in [1.54, 1.807) is 6.07 Å². The Morgan fingerprint density at radius 3 is 2.67 bits per heavy atom. The molecule has 0 radical (unpaired) electrons. The van der Waals surface area contributed by atoms with E-state index in [1.807, 2.05) is 6.92 Å². The first-order chi connectivity index (χ1) is 9.85. The zero-order valence-electron chi connectivity index (χ0n) is 11.8. The van der Waals surface area contributed by atoms with E-state index in [0.29, 0.717) is 13.1 Å². The van der Waals surface area contributed by atoms with Crippen LogP contribution in [0.3, 0.4) is 0 Å². The third-order valence-corrected chi connectivity index (χ3v) is 5.72. The average Bonchev–Trinajstić information content (AvgIpc) is 2.81. The van der Waals surface area contributed by atoms with Gasteiger partial charge in [-0.3, -0.25) is 10.1 Å². The van der Waals surface area contributed by atoms with E-state index in [4.69, 9.17) is 5.73 Å². The molecule has 2 rings (SSSR count). The Hall–Kier alpha value is -1.51. The highest BCUT2D eigenvalue weighted by atomic mass is 32.2. The predicted octanol–water partition coefficient (Wildman–Crippen LogP) is 1.09. The van der Waals surface area contributed by atoms with Crippen molar-refractivity contribution in [2.45, 2.75) is 25.1 Å². The van der Waals surface area contributed by atoms with Crippen LogP contribution in [0, 0.1) is 16.0 Å². The van der Waals surface area contributed by atoms with Crippen molar-refractivity contribution in [1.82, 2.24) is 4.31 Å². The Bertz CT molecular complexity index is 632. The summed E-state index contributed by atoms with van der Waals surface area (Å²) in [6.45, 7) is 2.68. The van der Waals surface area contributed by atoms with E-state index in [1.165, 1.54) is 22.5 Å². The molecule has 0 aliphatic carbocycles. The Labute approximate surface area is 123 Å². The molecular formula is C13H19N3O4S. The second-order valence-corrected chi connectivity index (χ2v) is 7.32. The molecule has 21 heavy (non-hydrogen) atoms. The molecule has 1 saturated heterocycles. The van der Waals surface area contributed by atoms with Gasteiger partial charge in [0.15, 0.2) is 0 Å². The number of nitrogens with zero attached hydrogens (tertiary/aromatic N) is 2. The second kappa shape index (κ2) is 6.08. The number of nitrogens with two attached hydrogens (primary N) is 1. The van der Waals surface area contributed by atoms with Gasteiger partial charge in [0.2, 0.25) is 10.0 Å². The van der Waals surface area contributed by atoms with Crippen LogP contribution in [0.15, 0.2) is 24.3 Å². The Balaban J connectivity index is 2.25. The molecule has 1 aliphatic heterocycles. The Morgan fingerprint density at radius 2 is 2.10 bits per heavy atom. The lowest BCUT2D eigenvalue weighted by molar-refractivity contribution is -0.385. The topological polar surface area (TPSA) is 107 Å². The average molecular weight is 313 g/mol. The van der Waals surface area contributed by atoms with Crippen molar-refractivity contribution in [3.8, 4) is 0 Å². The molecule has 1 aromatic carbocycles. The number of hydrogen-bond acceptors (Lipinski definition) is 5. The molecule has 1 aromatic rings. The first-order valence-electron chi connectivity index (χ1n) is 6.77. The van der Waals surface area contributed by atoms with Gasteiger partial charge in [0.05, 0.1) is 10.7 Å². The molecule has 2 N–H and O–H groups in total. The predicted molar refractivity (Wildman–Crippen MR) is 79.0 cm³/mol. The van der Waals surface area contributed by atoms with Crippen molar-refractivity contribution in [3.05, 3.63) is 39.9 Å². The molecule has 0 spiro atoms. The lowest BCUT2D eigenvalue weighted by Crippen LogP contribution is -2.35. The van der Waals surface area contributed by atoms with Crippen LogP contribution in [0.4, 0.5) is 5.69 Å². The maximum Gasteiger partial charge on any atom is 0.273 e. The molecule has 1 fully saturated rings. The van der Waals surface area contributed by atoms with Crippen molar-refractivity contribution in [3.63, 3.8) is 0 Å². The zero-order valence-corrected chi connectivity index (χ0v) is 12.6. The number of nitro groups is 1. The van der Waals surface area contributed by atoms with Crippen molar-refractivity contribution < 1.29 is 13.3 Å². The summed E-state index contributed by atoms with van der Waals surface area (Å²) < 4.78 is 26.4. The first-order valence-corrected chi connectivity index (χ1v) is 8.38. The molecule has 2 unspecified atom stereocenters. The fraction of sp³-hybridized carbons (Fsp3) is 0.538. The summed E-state index contributed by atoms with van der Waals surface area (Å²) in [5.41, 5.74) is 5.66. The molecular weight excluding hydrogens is 294 g/mol. The van der Waals surface area contributed by atoms with Crippen molar-refractivity contribution in [2.75, 3.05) is 13.1 Å². The van der Waals surface area contributed by atoms with E-state index in [-0.39, 0.29) is 29.0 Å². The van der Waals surface area contributed by atoms with Gasteiger partial charge >= 0.3 is 0 Å². The summed E-state index contributed by atoms with van der Waals surface area (Å²) in [6.07, 6.45) is 0.729. The standard InChI is InChI=1S/C13H19N3O4S/c1-10-6-11(7-14)8-15(10)21(19,20)9-12-4-2-3-5-13(12)16(17)18/h2-5,10-11H,6-9,14H2,1H3. The molecule has 1 aliphatic rings. The van der Waals surface area contributed by atoms with Crippen molar-refractivity contribution in [1.29, 1.82) is 0 Å². The van der Waals surface area contributed by atoms with Crippen LogP contribution in [0.25, 0.3) is 0 Å².